The summed E-state index contributed by atoms with van der Waals surface area (Å²) in [4.78, 5) is 14.0. The maximum absolute atomic E-state index is 14.0. The lowest BCUT2D eigenvalue weighted by atomic mass is 9.99. The summed E-state index contributed by atoms with van der Waals surface area (Å²) in [7, 11) is 0. The second-order valence-electron chi connectivity index (χ2n) is 10.1. The first-order chi connectivity index (χ1) is 20.4. The van der Waals surface area contributed by atoms with Gasteiger partial charge in [-0.1, -0.05) is 0 Å². The highest BCUT2D eigenvalue weighted by Crippen LogP contribution is 2.39. The molecule has 0 amide bonds. The van der Waals surface area contributed by atoms with Crippen molar-refractivity contribution >= 4 is 11.0 Å². The van der Waals surface area contributed by atoms with E-state index in [0.717, 1.165) is 12.1 Å². The summed E-state index contributed by atoms with van der Waals surface area (Å²) in [6, 6.07) is 7.26. The zero-order valence-electron chi connectivity index (χ0n) is 22.1. The number of rotatable bonds is 7. The SMILES string of the molecule is O=c1c(O[C@@H]2OC(CO)[C@H](O)C(O)C2O)c(-c2ccc(O)cc2)oc2cc(O)cc(O[C@@H]3OC(CO)[C@H](O)[C@H](O)C3O)c12. The van der Waals surface area contributed by atoms with Crippen LogP contribution in [-0.4, -0.2) is 126 Å². The van der Waals surface area contributed by atoms with Crippen LogP contribution in [0, 0.1) is 0 Å². The molecule has 0 bridgehead atoms. The molecule has 10 atom stereocenters. The summed E-state index contributed by atoms with van der Waals surface area (Å²) in [5.74, 6) is -1.99. The van der Waals surface area contributed by atoms with Crippen molar-refractivity contribution in [1.29, 1.82) is 0 Å². The van der Waals surface area contributed by atoms with E-state index >= 15 is 0 Å². The van der Waals surface area contributed by atoms with Gasteiger partial charge in [0, 0.05) is 17.7 Å². The van der Waals surface area contributed by atoms with Crippen molar-refractivity contribution in [2.24, 2.45) is 0 Å². The Morgan fingerprint density at radius 3 is 1.74 bits per heavy atom. The first-order valence-electron chi connectivity index (χ1n) is 13.0. The van der Waals surface area contributed by atoms with Crippen molar-refractivity contribution in [3.8, 4) is 34.3 Å². The van der Waals surface area contributed by atoms with Crippen molar-refractivity contribution in [1.82, 2.24) is 0 Å². The van der Waals surface area contributed by atoms with Gasteiger partial charge < -0.3 is 74.4 Å². The van der Waals surface area contributed by atoms with Crippen LogP contribution in [0.3, 0.4) is 0 Å². The van der Waals surface area contributed by atoms with E-state index in [4.69, 9.17) is 23.4 Å². The number of hydrogen-bond donors (Lipinski definition) is 10. The minimum absolute atomic E-state index is 0.129. The summed E-state index contributed by atoms with van der Waals surface area (Å²) in [6.07, 6.45) is -17.2. The highest BCUT2D eigenvalue weighted by molar-refractivity contribution is 5.88. The normalized spacial score (nSPS) is 32.9. The molecule has 234 valence electrons. The molecular formula is C27H30O16. The van der Waals surface area contributed by atoms with Gasteiger partial charge in [-0.25, -0.2) is 0 Å². The Bertz CT molecular complexity index is 1490. The van der Waals surface area contributed by atoms with Crippen LogP contribution in [0.1, 0.15) is 0 Å². The van der Waals surface area contributed by atoms with Crippen LogP contribution in [0.2, 0.25) is 0 Å². The number of phenolic OH excluding ortho intramolecular Hbond substituents is 2. The zero-order chi connectivity index (χ0) is 31.2. The molecule has 2 aromatic carbocycles. The summed E-state index contributed by atoms with van der Waals surface area (Å²) in [5.41, 5.74) is -1.12. The predicted octanol–water partition coefficient (Wildman–Crippen LogP) is -2.77. The van der Waals surface area contributed by atoms with Gasteiger partial charge in [0.1, 0.15) is 77.0 Å². The summed E-state index contributed by atoms with van der Waals surface area (Å²) in [6.45, 7) is -1.54. The molecule has 2 saturated heterocycles. The average Bonchev–Trinajstić information content (AvgIpc) is 2.98. The van der Waals surface area contributed by atoms with E-state index in [9.17, 15) is 55.9 Å². The Hall–Kier alpha value is -3.55. The molecule has 2 aliphatic heterocycles. The largest absolute Gasteiger partial charge is 0.508 e. The number of aliphatic hydroxyl groups is 8. The van der Waals surface area contributed by atoms with Crippen LogP contribution in [0.5, 0.6) is 23.0 Å². The molecule has 16 heteroatoms. The molecule has 0 radical (unpaired) electrons. The molecule has 2 fully saturated rings. The number of fused-ring (bicyclic) bond motifs is 1. The number of hydrogen-bond acceptors (Lipinski definition) is 16. The quantitative estimate of drug-likeness (QED) is 0.130. The van der Waals surface area contributed by atoms with E-state index in [0.29, 0.717) is 0 Å². The third-order valence-electron chi connectivity index (χ3n) is 7.21. The van der Waals surface area contributed by atoms with Crippen LogP contribution in [0.25, 0.3) is 22.3 Å². The van der Waals surface area contributed by atoms with Gasteiger partial charge in [-0.05, 0) is 24.3 Å². The first kappa shape index (κ1) is 30.9. The summed E-state index contributed by atoms with van der Waals surface area (Å²) < 4.78 is 28.0. The van der Waals surface area contributed by atoms with Crippen molar-refractivity contribution in [3.63, 3.8) is 0 Å². The van der Waals surface area contributed by atoms with Crippen molar-refractivity contribution in [2.45, 2.75) is 61.4 Å². The Kier molecular flexibility index (Phi) is 8.77. The minimum atomic E-state index is -1.91. The molecule has 3 heterocycles. The second-order valence-corrected chi connectivity index (χ2v) is 10.1. The van der Waals surface area contributed by atoms with Gasteiger partial charge in [0.05, 0.1) is 13.2 Å². The topological polar surface area (TPSA) is 269 Å². The fourth-order valence-corrected chi connectivity index (χ4v) is 4.83. The molecule has 1 aromatic heterocycles. The number of ether oxygens (including phenoxy) is 4. The first-order valence-corrected chi connectivity index (χ1v) is 13.0. The van der Waals surface area contributed by atoms with E-state index in [1.165, 1.54) is 24.3 Å². The van der Waals surface area contributed by atoms with Crippen LogP contribution >= 0.6 is 0 Å². The standard InChI is InChI=1S/C27H30O16/c28-7-14-17(32)20(35)22(37)26(41-14)40-13-6-11(31)5-12-16(13)19(34)25(24(39-12)9-1-3-10(30)4-2-9)43-27-23(38)21(36)18(33)15(8-29)42-27/h1-6,14-15,17-18,20-23,26-33,35-38H,7-8H2/t14?,15?,17-,18-,20-,21?,22?,23?,26+,27-/m0/s1. The Balaban J connectivity index is 1.64. The fourth-order valence-electron chi connectivity index (χ4n) is 4.83. The Morgan fingerprint density at radius 1 is 0.674 bits per heavy atom. The summed E-state index contributed by atoms with van der Waals surface area (Å²) >= 11 is 0. The van der Waals surface area contributed by atoms with Gasteiger partial charge in [0.2, 0.25) is 23.8 Å². The molecule has 16 nitrogen and oxygen atoms in total. The third kappa shape index (κ3) is 5.73. The van der Waals surface area contributed by atoms with E-state index in [2.05, 4.69) is 0 Å². The number of phenols is 2. The Morgan fingerprint density at radius 2 is 1.21 bits per heavy atom. The molecule has 5 unspecified atom stereocenters. The number of aromatic hydroxyl groups is 2. The third-order valence-corrected chi connectivity index (χ3v) is 7.21. The number of aliphatic hydroxyl groups excluding tert-OH is 8. The Labute approximate surface area is 241 Å². The number of benzene rings is 2. The minimum Gasteiger partial charge on any atom is -0.508 e. The average molecular weight is 611 g/mol. The molecule has 3 aromatic rings. The zero-order valence-corrected chi connectivity index (χ0v) is 22.1. The molecule has 10 N–H and O–H groups in total. The summed E-state index contributed by atoms with van der Waals surface area (Å²) in [5, 5.41) is 100. The molecule has 5 rings (SSSR count). The maximum Gasteiger partial charge on any atom is 0.239 e. The lowest BCUT2D eigenvalue weighted by Crippen LogP contribution is -2.60. The van der Waals surface area contributed by atoms with Crippen molar-refractivity contribution < 1.29 is 74.4 Å². The molecule has 0 saturated carbocycles. The molecular weight excluding hydrogens is 580 g/mol. The van der Waals surface area contributed by atoms with Crippen LogP contribution < -0.4 is 14.9 Å². The van der Waals surface area contributed by atoms with Crippen LogP contribution in [0.4, 0.5) is 0 Å². The van der Waals surface area contributed by atoms with Crippen LogP contribution in [-0.2, 0) is 9.47 Å². The lowest BCUT2D eigenvalue weighted by molar-refractivity contribution is -0.277. The van der Waals surface area contributed by atoms with E-state index in [1.807, 2.05) is 0 Å². The van der Waals surface area contributed by atoms with Gasteiger partial charge in [-0.2, -0.15) is 0 Å². The van der Waals surface area contributed by atoms with Gasteiger partial charge in [-0.15, -0.1) is 0 Å². The van der Waals surface area contributed by atoms with Gasteiger partial charge in [0.15, 0.2) is 5.76 Å². The van der Waals surface area contributed by atoms with Gasteiger partial charge >= 0.3 is 0 Å². The fraction of sp³-hybridized carbons (Fsp3) is 0.444. The molecule has 2 aliphatic rings. The van der Waals surface area contributed by atoms with Gasteiger partial charge in [0.25, 0.3) is 0 Å². The highest BCUT2D eigenvalue weighted by Gasteiger charge is 2.46. The van der Waals surface area contributed by atoms with Crippen LogP contribution in [0.15, 0.2) is 45.6 Å². The van der Waals surface area contributed by atoms with E-state index < -0.39 is 103 Å². The monoisotopic (exact) mass is 610 g/mol. The van der Waals surface area contributed by atoms with Gasteiger partial charge in [-0.3, -0.25) is 4.79 Å². The van der Waals surface area contributed by atoms with Crippen molar-refractivity contribution in [3.05, 3.63) is 46.6 Å². The molecule has 43 heavy (non-hydrogen) atoms. The smallest absolute Gasteiger partial charge is 0.239 e. The second kappa shape index (κ2) is 12.2. The molecule has 0 aliphatic carbocycles. The highest BCUT2D eigenvalue weighted by atomic mass is 16.7. The predicted molar refractivity (Wildman–Crippen MR) is 140 cm³/mol. The van der Waals surface area contributed by atoms with E-state index in [1.54, 1.807) is 0 Å². The maximum atomic E-state index is 14.0. The molecule has 0 spiro atoms. The lowest BCUT2D eigenvalue weighted by Gasteiger charge is -2.39. The van der Waals surface area contributed by atoms with E-state index in [-0.39, 0.29) is 22.7 Å². The van der Waals surface area contributed by atoms with Crippen molar-refractivity contribution in [2.75, 3.05) is 13.2 Å².